The van der Waals surface area contributed by atoms with Crippen LogP contribution in [0.3, 0.4) is 0 Å². The summed E-state index contributed by atoms with van der Waals surface area (Å²) >= 11 is 0. The molecule has 5 heteroatoms. The molecule has 1 heterocycles. The Balaban J connectivity index is 2.02. The largest absolute Gasteiger partial charge is 0.409 e. The number of nitrogens with zero attached hydrogens (tertiary/aromatic N) is 2. The smallest absolute Gasteiger partial charge is 0.139 e. The fraction of sp³-hybridized carbons (Fsp3) is 0.909. The number of hydrogen-bond acceptors (Lipinski definition) is 4. The van der Waals surface area contributed by atoms with Crippen molar-refractivity contribution in [3.8, 4) is 0 Å². The maximum absolute atomic E-state index is 8.37. The van der Waals surface area contributed by atoms with Crippen molar-refractivity contribution in [2.75, 3.05) is 26.2 Å². The van der Waals surface area contributed by atoms with Gasteiger partial charge in [0.2, 0.25) is 0 Å². The highest BCUT2D eigenvalue weighted by Gasteiger charge is 2.21. The van der Waals surface area contributed by atoms with E-state index >= 15 is 0 Å². The molecule has 0 spiro atoms. The fourth-order valence-electron chi connectivity index (χ4n) is 2.26. The number of rotatable bonds is 7. The second-order valence-electron chi connectivity index (χ2n) is 4.32. The highest BCUT2D eigenvalue weighted by molar-refractivity contribution is 5.79. The zero-order chi connectivity index (χ0) is 11.8. The molecule has 1 aliphatic rings. The number of hydrogen-bond donors (Lipinski definition) is 3. The molecule has 1 unspecified atom stereocenters. The van der Waals surface area contributed by atoms with Crippen LogP contribution in [-0.2, 0) is 0 Å². The minimum atomic E-state index is 0.317. The third kappa shape index (κ3) is 4.37. The molecule has 4 N–H and O–H groups in total. The van der Waals surface area contributed by atoms with Crippen molar-refractivity contribution in [1.29, 1.82) is 0 Å². The van der Waals surface area contributed by atoms with Gasteiger partial charge in [-0.1, -0.05) is 12.1 Å². The van der Waals surface area contributed by atoms with Gasteiger partial charge in [0, 0.05) is 19.0 Å². The molecular formula is C11H24N4O. The van der Waals surface area contributed by atoms with Crippen LogP contribution in [0.4, 0.5) is 0 Å². The quantitative estimate of drug-likeness (QED) is 0.196. The third-order valence-electron chi connectivity index (χ3n) is 3.20. The van der Waals surface area contributed by atoms with E-state index in [1.807, 2.05) is 0 Å². The molecule has 1 rings (SSSR count). The van der Waals surface area contributed by atoms with Crippen LogP contribution >= 0.6 is 0 Å². The zero-order valence-electron chi connectivity index (χ0n) is 10.2. The van der Waals surface area contributed by atoms with Gasteiger partial charge in [0.15, 0.2) is 0 Å². The molecule has 0 saturated carbocycles. The maximum atomic E-state index is 8.37. The van der Waals surface area contributed by atoms with Gasteiger partial charge >= 0.3 is 0 Å². The van der Waals surface area contributed by atoms with Crippen LogP contribution in [0.1, 0.15) is 32.6 Å². The van der Waals surface area contributed by atoms with Crippen LogP contribution in [-0.4, -0.2) is 48.2 Å². The van der Waals surface area contributed by atoms with E-state index in [1.165, 1.54) is 19.4 Å². The topological polar surface area (TPSA) is 73.9 Å². The molecule has 0 aromatic rings. The Labute approximate surface area is 97.7 Å². The van der Waals surface area contributed by atoms with Gasteiger partial charge in [-0.15, -0.1) is 0 Å². The Morgan fingerprint density at radius 3 is 3.12 bits per heavy atom. The van der Waals surface area contributed by atoms with Crippen molar-refractivity contribution in [1.82, 2.24) is 10.2 Å². The van der Waals surface area contributed by atoms with E-state index in [9.17, 15) is 0 Å². The molecule has 0 amide bonds. The van der Waals surface area contributed by atoms with Crippen LogP contribution in [0.2, 0.25) is 0 Å². The lowest BCUT2D eigenvalue weighted by Crippen LogP contribution is -2.38. The Morgan fingerprint density at radius 1 is 1.62 bits per heavy atom. The molecule has 1 saturated heterocycles. The summed E-state index contributed by atoms with van der Waals surface area (Å²) in [7, 11) is 0. The number of amidine groups is 1. The number of nitrogens with two attached hydrogens (primary N) is 1. The molecule has 0 bridgehead atoms. The van der Waals surface area contributed by atoms with Crippen LogP contribution < -0.4 is 11.1 Å². The lowest BCUT2D eigenvalue weighted by molar-refractivity contribution is 0.260. The fourth-order valence-corrected chi connectivity index (χ4v) is 2.26. The van der Waals surface area contributed by atoms with E-state index in [-0.39, 0.29) is 0 Å². The first-order valence-electron chi connectivity index (χ1n) is 6.19. The van der Waals surface area contributed by atoms with Gasteiger partial charge in [0.1, 0.15) is 5.84 Å². The number of nitrogens with one attached hydrogen (secondary N) is 1. The van der Waals surface area contributed by atoms with E-state index in [0.29, 0.717) is 18.3 Å². The number of likely N-dealkylation sites (N-methyl/N-ethyl adjacent to an activating group) is 1. The lowest BCUT2D eigenvalue weighted by Gasteiger charge is -2.22. The number of likely N-dealkylation sites (tertiary alicyclic amines) is 1. The Kier molecular flexibility index (Phi) is 6.18. The van der Waals surface area contributed by atoms with Crippen molar-refractivity contribution in [2.24, 2.45) is 10.9 Å². The van der Waals surface area contributed by atoms with Crippen LogP contribution in [0, 0.1) is 0 Å². The predicted octanol–water partition coefficient (Wildman–Crippen LogP) is 0.587. The van der Waals surface area contributed by atoms with Crippen molar-refractivity contribution < 1.29 is 5.21 Å². The summed E-state index contributed by atoms with van der Waals surface area (Å²) in [5.41, 5.74) is 5.38. The summed E-state index contributed by atoms with van der Waals surface area (Å²) in [6, 6.07) is 0.703. The average molecular weight is 228 g/mol. The summed E-state index contributed by atoms with van der Waals surface area (Å²) in [5.74, 6) is 0.317. The Morgan fingerprint density at radius 2 is 2.44 bits per heavy atom. The van der Waals surface area contributed by atoms with Crippen LogP contribution in [0.25, 0.3) is 0 Å². The van der Waals surface area contributed by atoms with E-state index < -0.39 is 0 Å². The van der Waals surface area contributed by atoms with Gasteiger partial charge in [-0.2, -0.15) is 0 Å². The van der Waals surface area contributed by atoms with Gasteiger partial charge in [-0.25, -0.2) is 0 Å². The molecule has 94 valence electrons. The summed E-state index contributed by atoms with van der Waals surface area (Å²) in [6.45, 7) is 6.61. The SMILES string of the molecule is CCN1CCCC1CNCCCC(N)=NO. The van der Waals surface area contributed by atoms with Crippen molar-refractivity contribution in [3.05, 3.63) is 0 Å². The van der Waals surface area contributed by atoms with E-state index in [2.05, 4.69) is 22.3 Å². The molecule has 1 fully saturated rings. The van der Waals surface area contributed by atoms with Crippen molar-refractivity contribution >= 4 is 5.84 Å². The molecule has 1 atom stereocenters. The minimum Gasteiger partial charge on any atom is -0.409 e. The van der Waals surface area contributed by atoms with Gasteiger partial charge in [-0.3, -0.25) is 4.90 Å². The van der Waals surface area contributed by atoms with E-state index in [1.54, 1.807) is 0 Å². The lowest BCUT2D eigenvalue weighted by atomic mass is 10.2. The first kappa shape index (κ1) is 13.3. The average Bonchev–Trinajstić information content (AvgIpc) is 2.75. The highest BCUT2D eigenvalue weighted by Crippen LogP contribution is 2.15. The molecule has 16 heavy (non-hydrogen) atoms. The van der Waals surface area contributed by atoms with Gasteiger partial charge in [0.25, 0.3) is 0 Å². The second-order valence-corrected chi connectivity index (χ2v) is 4.32. The van der Waals surface area contributed by atoms with Gasteiger partial charge < -0.3 is 16.3 Å². The summed E-state index contributed by atoms with van der Waals surface area (Å²) in [5, 5.41) is 14.8. The number of oxime groups is 1. The maximum Gasteiger partial charge on any atom is 0.139 e. The summed E-state index contributed by atoms with van der Waals surface area (Å²) in [6.07, 6.45) is 4.21. The van der Waals surface area contributed by atoms with Gasteiger partial charge in [0.05, 0.1) is 0 Å². The minimum absolute atomic E-state index is 0.317. The molecular weight excluding hydrogens is 204 g/mol. The molecule has 0 aromatic carbocycles. The first-order valence-corrected chi connectivity index (χ1v) is 6.19. The Bertz CT molecular complexity index is 220. The molecule has 0 aliphatic carbocycles. The summed E-state index contributed by atoms with van der Waals surface area (Å²) in [4.78, 5) is 2.52. The van der Waals surface area contributed by atoms with E-state index in [4.69, 9.17) is 10.9 Å². The normalized spacial score (nSPS) is 22.8. The summed E-state index contributed by atoms with van der Waals surface area (Å²) < 4.78 is 0. The molecule has 5 nitrogen and oxygen atoms in total. The molecule has 1 aliphatic heterocycles. The van der Waals surface area contributed by atoms with Crippen molar-refractivity contribution in [3.63, 3.8) is 0 Å². The third-order valence-corrected chi connectivity index (χ3v) is 3.20. The van der Waals surface area contributed by atoms with E-state index in [0.717, 1.165) is 26.1 Å². The standard InChI is InChI=1S/C11H24N4O/c1-2-15-8-4-5-10(15)9-13-7-3-6-11(12)14-16/h10,13,16H,2-9H2,1H3,(H2,12,14). The molecule has 0 radical (unpaired) electrons. The van der Waals surface area contributed by atoms with Crippen LogP contribution in [0.5, 0.6) is 0 Å². The van der Waals surface area contributed by atoms with Gasteiger partial charge in [-0.05, 0) is 38.9 Å². The second kappa shape index (κ2) is 7.46. The van der Waals surface area contributed by atoms with Crippen molar-refractivity contribution in [2.45, 2.75) is 38.6 Å². The zero-order valence-corrected chi connectivity index (χ0v) is 10.2. The Hall–Kier alpha value is -0.810. The first-order chi connectivity index (χ1) is 7.77. The molecule has 0 aromatic heterocycles. The predicted molar refractivity (Wildman–Crippen MR) is 65.8 cm³/mol. The monoisotopic (exact) mass is 228 g/mol. The van der Waals surface area contributed by atoms with Crippen LogP contribution in [0.15, 0.2) is 5.16 Å². The highest BCUT2D eigenvalue weighted by atomic mass is 16.4.